The molecule has 0 atom stereocenters. The van der Waals surface area contributed by atoms with E-state index in [1.807, 2.05) is 60.8 Å². The maximum Gasteiger partial charge on any atom is 0.0630 e. The van der Waals surface area contributed by atoms with Gasteiger partial charge >= 0.3 is 0 Å². The number of rotatable bonds is 4. The highest BCUT2D eigenvalue weighted by atomic mass is 79.9. The van der Waals surface area contributed by atoms with Crippen molar-refractivity contribution in [1.82, 2.24) is 0 Å². The van der Waals surface area contributed by atoms with Gasteiger partial charge in [-0.3, -0.25) is 4.99 Å². The minimum Gasteiger partial charge on any atom is -0.362 e. The molecular formula is C15H12Br2N2. The summed E-state index contributed by atoms with van der Waals surface area (Å²) in [6.45, 7) is 0. The fraction of sp³-hybridized carbons (Fsp3) is 0. The Morgan fingerprint density at radius 3 is 2.05 bits per heavy atom. The van der Waals surface area contributed by atoms with Crippen LogP contribution >= 0.6 is 31.9 Å². The third kappa shape index (κ3) is 5.01. The number of nitrogens with zero attached hydrogens (tertiary/aromatic N) is 1. The van der Waals surface area contributed by atoms with Crippen LogP contribution in [0.5, 0.6) is 0 Å². The van der Waals surface area contributed by atoms with Crippen LogP contribution in [0.25, 0.3) is 0 Å². The van der Waals surface area contributed by atoms with Crippen LogP contribution in [0.2, 0.25) is 0 Å². The molecule has 96 valence electrons. The number of hydrogen-bond acceptors (Lipinski definition) is 2. The molecule has 0 aliphatic rings. The molecule has 0 amide bonds. The molecule has 2 aromatic carbocycles. The van der Waals surface area contributed by atoms with Gasteiger partial charge in [-0.25, -0.2) is 0 Å². The molecule has 0 unspecified atom stereocenters. The Bertz CT molecular complexity index is 572. The Kier molecular flexibility index (Phi) is 5.36. The number of halogens is 2. The SMILES string of the molecule is Brc1ccc(N=CC=CNc2ccc(Br)cc2)cc1. The van der Waals surface area contributed by atoms with Crippen molar-refractivity contribution in [2.45, 2.75) is 0 Å². The second kappa shape index (κ2) is 7.26. The van der Waals surface area contributed by atoms with E-state index in [1.54, 1.807) is 6.21 Å². The molecule has 0 aliphatic heterocycles. The molecule has 0 fully saturated rings. The largest absolute Gasteiger partial charge is 0.362 e. The van der Waals surface area contributed by atoms with Gasteiger partial charge in [-0.05, 0) is 54.6 Å². The van der Waals surface area contributed by atoms with E-state index >= 15 is 0 Å². The molecule has 1 N–H and O–H groups in total. The van der Waals surface area contributed by atoms with Gasteiger partial charge in [-0.1, -0.05) is 31.9 Å². The van der Waals surface area contributed by atoms with Crippen LogP contribution in [-0.4, -0.2) is 6.21 Å². The highest BCUT2D eigenvalue weighted by Gasteiger charge is 1.88. The number of aliphatic imine (C=N–C) groups is 1. The molecule has 0 spiro atoms. The lowest BCUT2D eigenvalue weighted by atomic mass is 10.3. The highest BCUT2D eigenvalue weighted by Crippen LogP contribution is 2.16. The quantitative estimate of drug-likeness (QED) is 0.693. The third-order valence-electron chi connectivity index (χ3n) is 2.33. The molecule has 2 rings (SSSR count). The lowest BCUT2D eigenvalue weighted by Crippen LogP contribution is -1.86. The van der Waals surface area contributed by atoms with Crippen LogP contribution in [0.4, 0.5) is 11.4 Å². The van der Waals surface area contributed by atoms with Crippen LogP contribution in [0.15, 0.2) is 74.7 Å². The maximum absolute atomic E-state index is 4.31. The monoisotopic (exact) mass is 378 g/mol. The van der Waals surface area contributed by atoms with Gasteiger partial charge in [-0.2, -0.15) is 0 Å². The van der Waals surface area contributed by atoms with Crippen LogP contribution in [0.1, 0.15) is 0 Å². The first kappa shape index (κ1) is 14.0. The number of nitrogens with one attached hydrogen (secondary N) is 1. The highest BCUT2D eigenvalue weighted by molar-refractivity contribution is 9.10. The van der Waals surface area contributed by atoms with Crippen molar-refractivity contribution >= 4 is 49.4 Å². The van der Waals surface area contributed by atoms with Crippen molar-refractivity contribution in [1.29, 1.82) is 0 Å². The van der Waals surface area contributed by atoms with Crippen molar-refractivity contribution in [3.8, 4) is 0 Å². The minimum absolute atomic E-state index is 0.927. The summed E-state index contributed by atoms with van der Waals surface area (Å²) in [5.74, 6) is 0. The number of benzene rings is 2. The summed E-state index contributed by atoms with van der Waals surface area (Å²) in [5, 5.41) is 3.17. The average Bonchev–Trinajstić information content (AvgIpc) is 2.43. The predicted molar refractivity (Wildman–Crippen MR) is 89.2 cm³/mol. The first-order valence-corrected chi connectivity index (χ1v) is 7.29. The van der Waals surface area contributed by atoms with Gasteiger partial charge in [0.05, 0.1) is 5.69 Å². The minimum atomic E-state index is 0.927. The fourth-order valence-corrected chi connectivity index (χ4v) is 1.92. The zero-order valence-electron chi connectivity index (χ0n) is 10.1. The maximum atomic E-state index is 4.31. The number of anilines is 1. The van der Waals surface area contributed by atoms with Gasteiger partial charge < -0.3 is 5.32 Å². The Hall–Kier alpha value is -1.39. The smallest absolute Gasteiger partial charge is 0.0630 e. The number of hydrogen-bond donors (Lipinski definition) is 1. The van der Waals surface area contributed by atoms with Gasteiger partial charge in [0.1, 0.15) is 0 Å². The van der Waals surface area contributed by atoms with E-state index in [4.69, 9.17) is 0 Å². The Balaban J connectivity index is 1.86. The summed E-state index contributed by atoms with van der Waals surface area (Å²) < 4.78 is 2.12. The lowest BCUT2D eigenvalue weighted by molar-refractivity contribution is 1.52. The standard InChI is InChI=1S/C15H12Br2N2/c16-12-2-6-14(7-3-12)18-10-1-11-19-15-8-4-13(17)5-9-15/h1-11,18H. The van der Waals surface area contributed by atoms with E-state index in [0.29, 0.717) is 0 Å². The zero-order valence-corrected chi connectivity index (χ0v) is 13.2. The molecule has 0 aliphatic carbocycles. The fourth-order valence-electron chi connectivity index (χ4n) is 1.39. The van der Waals surface area contributed by atoms with Crippen molar-refractivity contribution in [3.63, 3.8) is 0 Å². The molecule has 4 heteroatoms. The van der Waals surface area contributed by atoms with Gasteiger partial charge in [0.15, 0.2) is 0 Å². The van der Waals surface area contributed by atoms with Crippen LogP contribution in [0, 0.1) is 0 Å². The average molecular weight is 380 g/mol. The van der Waals surface area contributed by atoms with E-state index < -0.39 is 0 Å². The molecule has 0 saturated heterocycles. The first-order chi connectivity index (χ1) is 9.24. The molecule has 2 aromatic rings. The Labute approximate surface area is 129 Å². The lowest BCUT2D eigenvalue weighted by Gasteiger charge is -1.99. The zero-order chi connectivity index (χ0) is 13.5. The van der Waals surface area contributed by atoms with Crippen LogP contribution in [-0.2, 0) is 0 Å². The molecule has 0 bridgehead atoms. The summed E-state index contributed by atoms with van der Waals surface area (Å²) in [6.07, 6.45) is 5.48. The van der Waals surface area contributed by atoms with Crippen molar-refractivity contribution in [2.75, 3.05) is 5.32 Å². The molecule has 2 nitrogen and oxygen atoms in total. The van der Waals surface area contributed by atoms with Gasteiger partial charge in [0.25, 0.3) is 0 Å². The number of allylic oxidation sites excluding steroid dienone is 1. The Morgan fingerprint density at radius 1 is 0.842 bits per heavy atom. The van der Waals surface area contributed by atoms with Crippen LogP contribution < -0.4 is 5.32 Å². The summed E-state index contributed by atoms with van der Waals surface area (Å²) in [5.41, 5.74) is 1.97. The van der Waals surface area contributed by atoms with Gasteiger partial charge in [-0.15, -0.1) is 0 Å². The Morgan fingerprint density at radius 2 is 1.42 bits per heavy atom. The summed E-state index contributed by atoms with van der Waals surface area (Å²) in [7, 11) is 0. The van der Waals surface area contributed by atoms with Crippen molar-refractivity contribution in [3.05, 3.63) is 69.8 Å². The predicted octanol–water partition coefficient (Wildman–Crippen LogP) is 5.54. The van der Waals surface area contributed by atoms with Gasteiger partial charge in [0.2, 0.25) is 0 Å². The summed E-state index contributed by atoms with van der Waals surface area (Å²) >= 11 is 6.79. The molecule has 0 aromatic heterocycles. The van der Waals surface area contributed by atoms with E-state index in [0.717, 1.165) is 20.3 Å². The second-order valence-electron chi connectivity index (χ2n) is 3.76. The van der Waals surface area contributed by atoms with Crippen molar-refractivity contribution < 1.29 is 0 Å². The molecule has 0 saturated carbocycles. The van der Waals surface area contributed by atoms with Crippen molar-refractivity contribution in [2.24, 2.45) is 4.99 Å². The van der Waals surface area contributed by atoms with E-state index in [-0.39, 0.29) is 0 Å². The molecule has 0 radical (unpaired) electrons. The first-order valence-electron chi connectivity index (χ1n) is 5.71. The summed E-state index contributed by atoms with van der Waals surface area (Å²) in [6, 6.07) is 15.8. The molecule has 19 heavy (non-hydrogen) atoms. The molecule has 0 heterocycles. The third-order valence-corrected chi connectivity index (χ3v) is 3.38. The van der Waals surface area contributed by atoms with E-state index in [9.17, 15) is 0 Å². The van der Waals surface area contributed by atoms with Crippen LogP contribution in [0.3, 0.4) is 0 Å². The topological polar surface area (TPSA) is 24.4 Å². The van der Waals surface area contributed by atoms with Gasteiger partial charge in [0, 0.05) is 27.0 Å². The van der Waals surface area contributed by atoms with E-state index in [2.05, 4.69) is 42.2 Å². The normalized spacial score (nSPS) is 11.3. The molecular weight excluding hydrogens is 368 g/mol. The summed E-state index contributed by atoms with van der Waals surface area (Å²) in [4.78, 5) is 4.31. The van der Waals surface area contributed by atoms with E-state index in [1.165, 1.54) is 0 Å². The second-order valence-corrected chi connectivity index (χ2v) is 5.60.